The molecule has 0 aromatic heterocycles. The van der Waals surface area contributed by atoms with Gasteiger partial charge in [-0.2, -0.15) is 0 Å². The van der Waals surface area contributed by atoms with Crippen LogP contribution in [0.5, 0.6) is 0 Å². The zero-order valence-corrected chi connectivity index (χ0v) is 14.1. The van der Waals surface area contributed by atoms with Crippen molar-refractivity contribution in [2.24, 2.45) is 5.41 Å². The van der Waals surface area contributed by atoms with Crippen molar-refractivity contribution >= 4 is 5.97 Å². The van der Waals surface area contributed by atoms with E-state index in [-0.39, 0.29) is 17.4 Å². The van der Waals surface area contributed by atoms with Crippen LogP contribution in [-0.4, -0.2) is 12.0 Å². The van der Waals surface area contributed by atoms with Crippen LogP contribution in [0.4, 0.5) is 0 Å². The third kappa shape index (κ3) is 5.53. The van der Waals surface area contributed by atoms with Gasteiger partial charge < -0.3 is 4.74 Å². The quantitative estimate of drug-likeness (QED) is 0.821. The van der Waals surface area contributed by atoms with Crippen molar-refractivity contribution in [2.75, 3.05) is 0 Å². The predicted octanol–water partition coefficient (Wildman–Crippen LogP) is 3.93. The first-order valence-electron chi connectivity index (χ1n) is 7.94. The van der Waals surface area contributed by atoms with Crippen LogP contribution in [0.25, 0.3) is 0 Å². The van der Waals surface area contributed by atoms with E-state index in [1.54, 1.807) is 0 Å². The van der Waals surface area contributed by atoms with Crippen molar-refractivity contribution in [1.82, 2.24) is 5.32 Å². The van der Waals surface area contributed by atoms with E-state index in [0.29, 0.717) is 13.2 Å². The van der Waals surface area contributed by atoms with E-state index in [2.05, 4.69) is 5.32 Å². The number of nitrogens with one attached hydrogen (secondary N) is 1. The monoisotopic (exact) mass is 311 g/mol. The van der Waals surface area contributed by atoms with E-state index in [4.69, 9.17) is 4.74 Å². The van der Waals surface area contributed by atoms with Crippen LogP contribution in [0.3, 0.4) is 0 Å². The molecule has 122 valence electrons. The number of ether oxygens (including phenoxy) is 1. The fraction of sp³-hybridized carbons (Fsp3) is 0.350. The van der Waals surface area contributed by atoms with Gasteiger partial charge in [0.15, 0.2) is 0 Å². The number of benzene rings is 2. The Balaban J connectivity index is 1.96. The summed E-state index contributed by atoms with van der Waals surface area (Å²) in [4.78, 5) is 12.5. The minimum absolute atomic E-state index is 0.211. The van der Waals surface area contributed by atoms with E-state index in [1.807, 2.05) is 81.4 Å². The molecule has 0 bridgehead atoms. The van der Waals surface area contributed by atoms with Crippen LogP contribution in [0.1, 0.15) is 31.9 Å². The van der Waals surface area contributed by atoms with Gasteiger partial charge in [0.2, 0.25) is 0 Å². The summed E-state index contributed by atoms with van der Waals surface area (Å²) in [5.74, 6) is -0.211. The molecule has 0 spiro atoms. The van der Waals surface area contributed by atoms with Crippen LogP contribution in [-0.2, 0) is 22.7 Å². The average Bonchev–Trinajstić information content (AvgIpc) is 2.54. The molecule has 0 aliphatic carbocycles. The molecule has 0 amide bonds. The number of carbonyl (C=O) groups is 1. The molecular formula is C20H25NO2. The number of carbonyl (C=O) groups excluding carboxylic acids is 1. The van der Waals surface area contributed by atoms with Gasteiger partial charge >= 0.3 is 5.97 Å². The molecule has 0 aliphatic heterocycles. The largest absolute Gasteiger partial charge is 0.460 e. The first-order valence-corrected chi connectivity index (χ1v) is 7.94. The highest BCUT2D eigenvalue weighted by Gasteiger charge is 2.32. The van der Waals surface area contributed by atoms with E-state index in [9.17, 15) is 4.79 Å². The summed E-state index contributed by atoms with van der Waals surface area (Å²) in [7, 11) is 0. The second-order valence-electron chi connectivity index (χ2n) is 6.76. The van der Waals surface area contributed by atoms with Gasteiger partial charge in [-0.1, -0.05) is 81.4 Å². The number of esters is 1. The molecule has 1 N–H and O–H groups in total. The molecular weight excluding hydrogens is 286 g/mol. The third-order valence-electron chi connectivity index (χ3n) is 3.68. The highest BCUT2D eigenvalue weighted by atomic mass is 16.5. The van der Waals surface area contributed by atoms with Gasteiger partial charge in [-0.05, 0) is 16.5 Å². The summed E-state index contributed by atoms with van der Waals surface area (Å²) in [6.07, 6.45) is 0. The van der Waals surface area contributed by atoms with Gasteiger partial charge in [0.1, 0.15) is 12.6 Å². The molecule has 23 heavy (non-hydrogen) atoms. The minimum atomic E-state index is -0.355. The lowest BCUT2D eigenvalue weighted by atomic mass is 9.86. The normalized spacial score (nSPS) is 12.7. The van der Waals surface area contributed by atoms with Gasteiger partial charge in [0.05, 0.1) is 0 Å². The van der Waals surface area contributed by atoms with E-state index >= 15 is 0 Å². The Morgan fingerprint density at radius 1 is 0.957 bits per heavy atom. The molecule has 0 radical (unpaired) electrons. The lowest BCUT2D eigenvalue weighted by molar-refractivity contribution is -0.150. The van der Waals surface area contributed by atoms with Crippen molar-refractivity contribution in [2.45, 2.75) is 40.0 Å². The van der Waals surface area contributed by atoms with Crippen molar-refractivity contribution in [3.05, 3.63) is 71.8 Å². The highest BCUT2D eigenvalue weighted by Crippen LogP contribution is 2.21. The van der Waals surface area contributed by atoms with Crippen LogP contribution >= 0.6 is 0 Å². The Bertz CT molecular complexity index is 603. The minimum Gasteiger partial charge on any atom is -0.460 e. The highest BCUT2D eigenvalue weighted by molar-refractivity contribution is 5.76. The molecule has 2 aromatic carbocycles. The summed E-state index contributed by atoms with van der Waals surface area (Å²) < 4.78 is 5.50. The predicted molar refractivity (Wildman–Crippen MR) is 92.8 cm³/mol. The van der Waals surface area contributed by atoms with Crippen LogP contribution in [0, 0.1) is 5.41 Å². The lowest BCUT2D eigenvalue weighted by Crippen LogP contribution is -2.47. The van der Waals surface area contributed by atoms with Gasteiger partial charge in [-0.3, -0.25) is 10.1 Å². The summed E-state index contributed by atoms with van der Waals surface area (Å²) in [6, 6.07) is 19.5. The molecule has 1 atom stereocenters. The van der Waals surface area contributed by atoms with Crippen molar-refractivity contribution in [3.8, 4) is 0 Å². The zero-order valence-electron chi connectivity index (χ0n) is 14.1. The maximum Gasteiger partial charge on any atom is 0.324 e. The van der Waals surface area contributed by atoms with Crippen LogP contribution in [0.2, 0.25) is 0 Å². The molecule has 2 rings (SSSR count). The Kier molecular flexibility index (Phi) is 5.94. The van der Waals surface area contributed by atoms with E-state index in [1.165, 1.54) is 0 Å². The number of hydrogen-bond donors (Lipinski definition) is 1. The van der Waals surface area contributed by atoms with Gasteiger partial charge in [-0.25, -0.2) is 0 Å². The Labute approximate surface area is 138 Å². The Morgan fingerprint density at radius 2 is 1.48 bits per heavy atom. The first kappa shape index (κ1) is 17.2. The van der Waals surface area contributed by atoms with Gasteiger partial charge in [-0.15, -0.1) is 0 Å². The second-order valence-corrected chi connectivity index (χ2v) is 6.76. The lowest BCUT2D eigenvalue weighted by Gasteiger charge is -2.29. The van der Waals surface area contributed by atoms with E-state index < -0.39 is 0 Å². The SMILES string of the molecule is CC(C)(C)[C@@H](NCc1ccccc1)C(=O)OCc1ccccc1. The Morgan fingerprint density at radius 3 is 2.00 bits per heavy atom. The molecule has 0 fully saturated rings. The number of hydrogen-bond acceptors (Lipinski definition) is 3. The molecule has 0 heterocycles. The molecule has 3 nitrogen and oxygen atoms in total. The fourth-order valence-electron chi connectivity index (χ4n) is 2.37. The summed E-state index contributed by atoms with van der Waals surface area (Å²) in [6.45, 7) is 7.07. The molecule has 0 saturated carbocycles. The zero-order chi connectivity index (χ0) is 16.7. The number of rotatable bonds is 6. The summed E-state index contributed by atoms with van der Waals surface area (Å²) in [5.41, 5.74) is 1.93. The van der Waals surface area contributed by atoms with Gasteiger partial charge in [0, 0.05) is 6.54 Å². The van der Waals surface area contributed by atoms with Gasteiger partial charge in [0.25, 0.3) is 0 Å². The molecule has 3 heteroatoms. The molecule has 0 unspecified atom stereocenters. The van der Waals surface area contributed by atoms with Crippen molar-refractivity contribution in [1.29, 1.82) is 0 Å². The molecule has 0 saturated heterocycles. The smallest absolute Gasteiger partial charge is 0.324 e. The Hall–Kier alpha value is -2.13. The second kappa shape index (κ2) is 7.93. The maximum absolute atomic E-state index is 12.5. The standard InChI is InChI=1S/C20H25NO2/c1-20(2,3)18(21-14-16-10-6-4-7-11-16)19(22)23-15-17-12-8-5-9-13-17/h4-13,18,21H,14-15H2,1-3H3/t18-/m0/s1. The molecule has 0 aliphatic rings. The fourth-order valence-corrected chi connectivity index (χ4v) is 2.37. The third-order valence-corrected chi connectivity index (χ3v) is 3.68. The van der Waals surface area contributed by atoms with Crippen molar-refractivity contribution < 1.29 is 9.53 Å². The van der Waals surface area contributed by atoms with Crippen molar-refractivity contribution in [3.63, 3.8) is 0 Å². The first-order chi connectivity index (χ1) is 11.0. The van der Waals surface area contributed by atoms with Crippen LogP contribution in [0.15, 0.2) is 60.7 Å². The summed E-state index contributed by atoms with van der Waals surface area (Å²) >= 11 is 0. The summed E-state index contributed by atoms with van der Waals surface area (Å²) in [5, 5.41) is 3.34. The maximum atomic E-state index is 12.5. The average molecular weight is 311 g/mol. The van der Waals surface area contributed by atoms with Crippen LogP contribution < -0.4 is 5.32 Å². The molecule has 2 aromatic rings. The van der Waals surface area contributed by atoms with E-state index in [0.717, 1.165) is 11.1 Å². The topological polar surface area (TPSA) is 38.3 Å².